The van der Waals surface area contributed by atoms with Gasteiger partial charge in [-0.25, -0.2) is 0 Å². The van der Waals surface area contributed by atoms with Gasteiger partial charge in [-0.2, -0.15) is 0 Å². The van der Waals surface area contributed by atoms with Crippen LogP contribution in [0.1, 0.15) is 37.7 Å². The highest BCUT2D eigenvalue weighted by atomic mass is 79.9. The van der Waals surface area contributed by atoms with E-state index in [2.05, 4.69) is 33.4 Å². The van der Waals surface area contributed by atoms with E-state index in [-0.39, 0.29) is 11.8 Å². The van der Waals surface area contributed by atoms with Gasteiger partial charge in [0.25, 0.3) is 0 Å². The summed E-state index contributed by atoms with van der Waals surface area (Å²) in [5, 5.41) is 2.88. The van der Waals surface area contributed by atoms with E-state index in [1.807, 2.05) is 17.0 Å². The van der Waals surface area contributed by atoms with Crippen molar-refractivity contribution in [3.05, 3.63) is 34.3 Å². The fourth-order valence-corrected chi connectivity index (χ4v) is 3.69. The van der Waals surface area contributed by atoms with E-state index >= 15 is 0 Å². The molecule has 0 bridgehead atoms. The van der Waals surface area contributed by atoms with Gasteiger partial charge < -0.3 is 10.2 Å². The predicted molar refractivity (Wildman–Crippen MR) is 93.0 cm³/mol. The molecule has 0 unspecified atom stereocenters. The lowest BCUT2D eigenvalue weighted by atomic mass is 9.96. The Bertz CT molecular complexity index is 579. The lowest BCUT2D eigenvalue weighted by Crippen LogP contribution is -2.42. The first-order valence-electron chi connectivity index (χ1n) is 8.33. The number of nitrogens with zero attached hydrogens (tertiary/aromatic N) is 1. The van der Waals surface area contributed by atoms with Crippen LogP contribution in [-0.2, 0) is 9.59 Å². The number of benzene rings is 1. The first kappa shape index (κ1) is 16.5. The number of likely N-dealkylation sites (tertiary alicyclic amines) is 1. The molecule has 1 aromatic rings. The normalized spacial score (nSPS) is 24.3. The summed E-state index contributed by atoms with van der Waals surface area (Å²) in [4.78, 5) is 25.6. The molecule has 1 saturated carbocycles. The van der Waals surface area contributed by atoms with Crippen LogP contribution in [-0.4, -0.2) is 36.3 Å². The number of halogens is 1. The Balaban J connectivity index is 1.47. The van der Waals surface area contributed by atoms with Crippen molar-refractivity contribution in [2.24, 2.45) is 11.8 Å². The van der Waals surface area contributed by atoms with E-state index in [0.29, 0.717) is 17.7 Å². The van der Waals surface area contributed by atoms with Gasteiger partial charge in [-0.05, 0) is 48.8 Å². The molecule has 1 aromatic carbocycles. The largest absolute Gasteiger partial charge is 0.356 e. The predicted octanol–water partition coefficient (Wildman–Crippen LogP) is 2.93. The quantitative estimate of drug-likeness (QED) is 0.875. The number of hydrogen-bond donors (Lipinski definition) is 1. The van der Waals surface area contributed by atoms with Crippen LogP contribution in [0, 0.1) is 11.8 Å². The Labute approximate surface area is 145 Å². The SMILES string of the molecule is CC(=O)NCC1CCN(C(=O)[C@H]2C[C@@H]2c2ccc(Br)cc2)CC1. The van der Waals surface area contributed by atoms with Gasteiger partial charge in [-0.3, -0.25) is 9.59 Å². The third-order valence-corrected chi connectivity index (χ3v) is 5.50. The number of rotatable bonds is 4. The monoisotopic (exact) mass is 378 g/mol. The molecule has 2 amide bonds. The van der Waals surface area contributed by atoms with Crippen LogP contribution in [0.2, 0.25) is 0 Å². The van der Waals surface area contributed by atoms with Gasteiger partial charge in [0.1, 0.15) is 0 Å². The summed E-state index contributed by atoms with van der Waals surface area (Å²) in [6, 6.07) is 8.31. The van der Waals surface area contributed by atoms with Crippen LogP contribution in [0.5, 0.6) is 0 Å². The number of nitrogens with one attached hydrogen (secondary N) is 1. The number of piperidine rings is 1. The van der Waals surface area contributed by atoms with Gasteiger partial charge in [-0.15, -0.1) is 0 Å². The average Bonchev–Trinajstić information content (AvgIpc) is 3.34. The fraction of sp³-hybridized carbons (Fsp3) is 0.556. The molecule has 1 aliphatic heterocycles. The maximum Gasteiger partial charge on any atom is 0.226 e. The summed E-state index contributed by atoms with van der Waals surface area (Å²) >= 11 is 3.45. The fourth-order valence-electron chi connectivity index (χ4n) is 3.43. The van der Waals surface area contributed by atoms with E-state index in [1.165, 1.54) is 5.56 Å². The molecule has 5 heteroatoms. The van der Waals surface area contributed by atoms with Crippen molar-refractivity contribution in [1.82, 2.24) is 10.2 Å². The van der Waals surface area contributed by atoms with Crippen LogP contribution in [0.4, 0.5) is 0 Å². The number of amides is 2. The van der Waals surface area contributed by atoms with Gasteiger partial charge in [0.15, 0.2) is 0 Å². The molecule has 1 heterocycles. The van der Waals surface area contributed by atoms with Gasteiger partial charge in [0.2, 0.25) is 11.8 Å². The average molecular weight is 379 g/mol. The number of carbonyl (C=O) groups excluding carboxylic acids is 2. The van der Waals surface area contributed by atoms with Crippen LogP contribution in [0.15, 0.2) is 28.7 Å². The zero-order chi connectivity index (χ0) is 16.4. The molecular weight excluding hydrogens is 356 g/mol. The van der Waals surface area contributed by atoms with Gasteiger partial charge in [-0.1, -0.05) is 28.1 Å². The molecule has 2 atom stereocenters. The molecule has 0 radical (unpaired) electrons. The van der Waals surface area contributed by atoms with Crippen molar-refractivity contribution in [1.29, 1.82) is 0 Å². The molecular formula is C18H23BrN2O2. The van der Waals surface area contributed by atoms with Gasteiger partial charge in [0.05, 0.1) is 0 Å². The highest BCUT2D eigenvalue weighted by Gasteiger charge is 2.46. The van der Waals surface area contributed by atoms with Crippen LogP contribution in [0.3, 0.4) is 0 Å². The molecule has 23 heavy (non-hydrogen) atoms. The van der Waals surface area contributed by atoms with Crippen molar-refractivity contribution >= 4 is 27.7 Å². The summed E-state index contributed by atoms with van der Waals surface area (Å²) in [6.45, 7) is 3.94. The minimum atomic E-state index is 0.0267. The number of hydrogen-bond acceptors (Lipinski definition) is 2. The van der Waals surface area contributed by atoms with Crippen molar-refractivity contribution in [2.45, 2.75) is 32.1 Å². The standard InChI is InChI=1S/C18H23BrN2O2/c1-12(22)20-11-13-6-8-21(9-7-13)18(23)17-10-16(17)14-2-4-15(19)5-3-14/h2-5,13,16-17H,6-11H2,1H3,(H,20,22)/t16-,17+/m1/s1. The second kappa shape index (κ2) is 7.04. The first-order valence-corrected chi connectivity index (χ1v) is 9.12. The topological polar surface area (TPSA) is 49.4 Å². The Morgan fingerprint density at radius 1 is 1.22 bits per heavy atom. The van der Waals surface area contributed by atoms with E-state index in [4.69, 9.17) is 0 Å². The third-order valence-electron chi connectivity index (χ3n) is 4.97. The number of carbonyl (C=O) groups is 2. The molecule has 4 nitrogen and oxygen atoms in total. The molecule has 0 spiro atoms. The second-order valence-corrected chi connectivity index (χ2v) is 7.62. The second-order valence-electron chi connectivity index (χ2n) is 6.71. The van der Waals surface area contributed by atoms with Crippen molar-refractivity contribution < 1.29 is 9.59 Å². The molecule has 3 rings (SSSR count). The highest BCUT2D eigenvalue weighted by Crippen LogP contribution is 2.48. The maximum absolute atomic E-state index is 12.6. The lowest BCUT2D eigenvalue weighted by molar-refractivity contribution is -0.134. The maximum atomic E-state index is 12.6. The summed E-state index contributed by atoms with van der Waals surface area (Å²) in [6.07, 6.45) is 2.95. The lowest BCUT2D eigenvalue weighted by Gasteiger charge is -2.32. The molecule has 124 valence electrons. The highest BCUT2D eigenvalue weighted by molar-refractivity contribution is 9.10. The Morgan fingerprint density at radius 3 is 2.48 bits per heavy atom. The summed E-state index contributed by atoms with van der Waals surface area (Å²) in [7, 11) is 0. The molecule has 2 fully saturated rings. The van der Waals surface area contributed by atoms with E-state index in [9.17, 15) is 9.59 Å². The summed E-state index contributed by atoms with van der Waals surface area (Å²) < 4.78 is 1.08. The van der Waals surface area contributed by atoms with Crippen LogP contribution in [0.25, 0.3) is 0 Å². The minimum Gasteiger partial charge on any atom is -0.356 e. The zero-order valence-electron chi connectivity index (χ0n) is 13.4. The Morgan fingerprint density at radius 2 is 1.87 bits per heavy atom. The van der Waals surface area contributed by atoms with Crippen LogP contribution >= 0.6 is 15.9 Å². The third kappa shape index (κ3) is 4.14. The molecule has 0 aromatic heterocycles. The van der Waals surface area contributed by atoms with Crippen molar-refractivity contribution in [3.63, 3.8) is 0 Å². The molecule has 1 aliphatic carbocycles. The van der Waals surface area contributed by atoms with Crippen molar-refractivity contribution in [3.8, 4) is 0 Å². The zero-order valence-corrected chi connectivity index (χ0v) is 15.0. The Kier molecular flexibility index (Phi) is 5.05. The first-order chi connectivity index (χ1) is 11.0. The molecule has 2 aliphatic rings. The van der Waals surface area contributed by atoms with E-state index in [0.717, 1.165) is 43.4 Å². The smallest absolute Gasteiger partial charge is 0.226 e. The molecule has 1 N–H and O–H groups in total. The Hall–Kier alpha value is -1.36. The van der Waals surface area contributed by atoms with Gasteiger partial charge >= 0.3 is 0 Å². The molecule has 1 saturated heterocycles. The van der Waals surface area contributed by atoms with Crippen LogP contribution < -0.4 is 5.32 Å². The summed E-state index contributed by atoms with van der Waals surface area (Å²) in [5.41, 5.74) is 1.27. The van der Waals surface area contributed by atoms with Crippen molar-refractivity contribution in [2.75, 3.05) is 19.6 Å². The van der Waals surface area contributed by atoms with E-state index in [1.54, 1.807) is 6.92 Å². The summed E-state index contributed by atoms with van der Waals surface area (Å²) in [5.74, 6) is 1.41. The van der Waals surface area contributed by atoms with Gasteiger partial charge in [0, 0.05) is 36.9 Å². The van der Waals surface area contributed by atoms with E-state index < -0.39 is 0 Å². The minimum absolute atomic E-state index is 0.0267.